The van der Waals surface area contributed by atoms with Gasteiger partial charge in [-0.3, -0.25) is 9.97 Å². The summed E-state index contributed by atoms with van der Waals surface area (Å²) in [4.78, 5) is 15.0. The number of aryl methyl sites for hydroxylation is 1. The van der Waals surface area contributed by atoms with Crippen LogP contribution in [0.1, 0.15) is 5.01 Å². The van der Waals surface area contributed by atoms with E-state index in [0.29, 0.717) is 0 Å². The van der Waals surface area contributed by atoms with Gasteiger partial charge < -0.3 is 4.90 Å². The van der Waals surface area contributed by atoms with Gasteiger partial charge in [0.2, 0.25) is 0 Å². The SMILES string of the molecule is Cc1nc(-c2cncc(N(C)c3cccnc3)c2)cs1. The topological polar surface area (TPSA) is 41.9 Å². The van der Waals surface area contributed by atoms with Gasteiger partial charge in [0.25, 0.3) is 0 Å². The molecule has 0 bridgehead atoms. The molecule has 4 nitrogen and oxygen atoms in total. The first kappa shape index (κ1) is 12.7. The Bertz CT molecular complexity index is 709. The predicted octanol–water partition coefficient (Wildman–Crippen LogP) is 3.68. The van der Waals surface area contributed by atoms with Crippen molar-refractivity contribution in [1.29, 1.82) is 0 Å². The molecule has 20 heavy (non-hydrogen) atoms. The molecule has 100 valence electrons. The molecule has 0 fully saturated rings. The van der Waals surface area contributed by atoms with Gasteiger partial charge in [0.05, 0.1) is 34.5 Å². The average molecular weight is 282 g/mol. The number of hydrogen-bond donors (Lipinski definition) is 0. The van der Waals surface area contributed by atoms with Crippen LogP contribution in [0.15, 0.2) is 48.4 Å². The lowest BCUT2D eigenvalue weighted by Crippen LogP contribution is -2.09. The number of rotatable bonds is 3. The quantitative estimate of drug-likeness (QED) is 0.735. The van der Waals surface area contributed by atoms with Crippen LogP contribution >= 0.6 is 11.3 Å². The summed E-state index contributed by atoms with van der Waals surface area (Å²) in [5.74, 6) is 0. The second kappa shape index (κ2) is 5.38. The standard InChI is InChI=1S/C15H14N4S/c1-11-18-15(10-20-11)12-6-14(9-17-7-12)19(2)13-4-3-5-16-8-13/h3-10H,1-2H3. The van der Waals surface area contributed by atoms with Gasteiger partial charge in [-0.15, -0.1) is 11.3 Å². The van der Waals surface area contributed by atoms with Crippen molar-refractivity contribution < 1.29 is 0 Å². The zero-order chi connectivity index (χ0) is 13.9. The Morgan fingerprint density at radius 3 is 2.65 bits per heavy atom. The summed E-state index contributed by atoms with van der Waals surface area (Å²) in [5.41, 5.74) is 4.05. The molecule has 0 unspecified atom stereocenters. The first-order valence-electron chi connectivity index (χ1n) is 6.25. The minimum absolute atomic E-state index is 0.974. The largest absolute Gasteiger partial charge is 0.342 e. The average Bonchev–Trinajstić information content (AvgIpc) is 2.94. The molecule has 0 amide bonds. The Balaban J connectivity index is 1.95. The molecule has 3 aromatic rings. The summed E-state index contributed by atoms with van der Waals surface area (Å²) in [5, 5.41) is 3.12. The number of nitrogens with zero attached hydrogens (tertiary/aromatic N) is 4. The number of pyridine rings is 2. The zero-order valence-corrected chi connectivity index (χ0v) is 12.1. The molecule has 5 heteroatoms. The van der Waals surface area contributed by atoms with E-state index in [0.717, 1.165) is 27.6 Å². The fourth-order valence-electron chi connectivity index (χ4n) is 1.95. The normalized spacial score (nSPS) is 10.5. The monoisotopic (exact) mass is 282 g/mol. The smallest absolute Gasteiger partial charge is 0.0901 e. The highest BCUT2D eigenvalue weighted by molar-refractivity contribution is 7.09. The minimum Gasteiger partial charge on any atom is -0.342 e. The Morgan fingerprint density at radius 1 is 1.10 bits per heavy atom. The molecule has 0 N–H and O–H groups in total. The zero-order valence-electron chi connectivity index (χ0n) is 11.3. The van der Waals surface area contributed by atoms with Gasteiger partial charge in [-0.05, 0) is 25.1 Å². The third-order valence-corrected chi connectivity index (χ3v) is 3.83. The molecule has 0 spiro atoms. The van der Waals surface area contributed by atoms with Crippen molar-refractivity contribution >= 4 is 22.7 Å². The Kier molecular flexibility index (Phi) is 3.43. The van der Waals surface area contributed by atoms with Crippen molar-refractivity contribution in [2.75, 3.05) is 11.9 Å². The molecule has 0 aliphatic carbocycles. The molecule has 0 atom stereocenters. The molecule has 3 heterocycles. The highest BCUT2D eigenvalue weighted by Crippen LogP contribution is 2.27. The fourth-order valence-corrected chi connectivity index (χ4v) is 2.57. The molecular weight excluding hydrogens is 268 g/mol. The third kappa shape index (κ3) is 2.53. The Hall–Kier alpha value is -2.27. The van der Waals surface area contributed by atoms with E-state index in [1.54, 1.807) is 17.5 Å². The van der Waals surface area contributed by atoms with Crippen molar-refractivity contribution in [1.82, 2.24) is 15.0 Å². The lowest BCUT2D eigenvalue weighted by Gasteiger charge is -2.18. The van der Waals surface area contributed by atoms with E-state index < -0.39 is 0 Å². The van der Waals surface area contributed by atoms with Crippen LogP contribution in [0.3, 0.4) is 0 Å². The number of thiazole rings is 1. The van der Waals surface area contributed by atoms with Crippen LogP contribution in [0.25, 0.3) is 11.3 Å². The summed E-state index contributed by atoms with van der Waals surface area (Å²) in [6.07, 6.45) is 7.29. The van der Waals surface area contributed by atoms with Crippen LogP contribution in [-0.2, 0) is 0 Å². The molecular formula is C15H14N4S. The lowest BCUT2D eigenvalue weighted by molar-refractivity contribution is 1.15. The van der Waals surface area contributed by atoms with E-state index in [9.17, 15) is 0 Å². The van der Waals surface area contributed by atoms with Gasteiger partial charge >= 0.3 is 0 Å². The van der Waals surface area contributed by atoms with Gasteiger partial charge in [-0.25, -0.2) is 4.98 Å². The number of hydrogen-bond acceptors (Lipinski definition) is 5. The molecule has 0 aromatic carbocycles. The first-order valence-corrected chi connectivity index (χ1v) is 7.13. The van der Waals surface area contributed by atoms with Crippen molar-refractivity contribution in [3.05, 3.63) is 53.4 Å². The molecule has 0 aliphatic rings. The van der Waals surface area contributed by atoms with E-state index in [1.807, 2.05) is 44.7 Å². The van der Waals surface area contributed by atoms with E-state index in [4.69, 9.17) is 0 Å². The van der Waals surface area contributed by atoms with Gasteiger partial charge in [0.1, 0.15) is 0 Å². The maximum Gasteiger partial charge on any atom is 0.0901 e. The van der Waals surface area contributed by atoms with Crippen molar-refractivity contribution in [3.63, 3.8) is 0 Å². The van der Waals surface area contributed by atoms with E-state index >= 15 is 0 Å². The summed E-state index contributed by atoms with van der Waals surface area (Å²) in [6.45, 7) is 2.01. The summed E-state index contributed by atoms with van der Waals surface area (Å²) >= 11 is 1.65. The van der Waals surface area contributed by atoms with E-state index in [-0.39, 0.29) is 0 Å². The van der Waals surface area contributed by atoms with Crippen LogP contribution in [0, 0.1) is 6.92 Å². The first-order chi connectivity index (χ1) is 9.74. The fraction of sp³-hybridized carbons (Fsp3) is 0.133. The number of aromatic nitrogens is 3. The van der Waals surface area contributed by atoms with Crippen molar-refractivity contribution in [2.45, 2.75) is 6.92 Å². The predicted molar refractivity (Wildman–Crippen MR) is 82.4 cm³/mol. The summed E-state index contributed by atoms with van der Waals surface area (Å²) in [6, 6.07) is 6.04. The molecule has 0 aliphatic heterocycles. The van der Waals surface area contributed by atoms with Crippen molar-refractivity contribution in [3.8, 4) is 11.3 Å². The molecule has 0 saturated heterocycles. The number of anilines is 2. The van der Waals surface area contributed by atoms with Crippen LogP contribution in [0.5, 0.6) is 0 Å². The summed E-state index contributed by atoms with van der Waals surface area (Å²) in [7, 11) is 2.00. The third-order valence-electron chi connectivity index (χ3n) is 3.06. The van der Waals surface area contributed by atoms with Gasteiger partial charge in [-0.1, -0.05) is 0 Å². The maximum absolute atomic E-state index is 4.50. The second-order valence-corrected chi connectivity index (χ2v) is 5.52. The van der Waals surface area contributed by atoms with E-state index in [2.05, 4.69) is 31.3 Å². The highest BCUT2D eigenvalue weighted by Gasteiger charge is 2.08. The van der Waals surface area contributed by atoms with E-state index in [1.165, 1.54) is 0 Å². The van der Waals surface area contributed by atoms with Crippen LogP contribution in [0.2, 0.25) is 0 Å². The van der Waals surface area contributed by atoms with Gasteiger partial charge in [0, 0.05) is 30.4 Å². The molecule has 3 aromatic heterocycles. The van der Waals surface area contributed by atoms with Crippen molar-refractivity contribution in [2.24, 2.45) is 0 Å². The molecule has 0 saturated carbocycles. The Labute approximate surface area is 121 Å². The van der Waals surface area contributed by atoms with Crippen LogP contribution < -0.4 is 4.90 Å². The van der Waals surface area contributed by atoms with Gasteiger partial charge in [-0.2, -0.15) is 0 Å². The lowest BCUT2D eigenvalue weighted by atomic mass is 10.2. The second-order valence-electron chi connectivity index (χ2n) is 4.45. The minimum atomic E-state index is 0.974. The summed E-state index contributed by atoms with van der Waals surface area (Å²) < 4.78 is 0. The van der Waals surface area contributed by atoms with Crippen LogP contribution in [0.4, 0.5) is 11.4 Å². The Morgan fingerprint density at radius 2 is 1.95 bits per heavy atom. The maximum atomic E-state index is 4.50. The van der Waals surface area contributed by atoms with Gasteiger partial charge in [0.15, 0.2) is 0 Å². The molecule has 0 radical (unpaired) electrons. The molecule has 3 rings (SSSR count). The van der Waals surface area contributed by atoms with Crippen LogP contribution in [-0.4, -0.2) is 22.0 Å². The highest BCUT2D eigenvalue weighted by atomic mass is 32.1.